The normalized spacial score (nSPS) is 26.3. The molecule has 2 aliphatic rings. The summed E-state index contributed by atoms with van der Waals surface area (Å²) in [5.74, 6) is 0.730. The van der Waals surface area contributed by atoms with Crippen molar-refractivity contribution in [3.63, 3.8) is 0 Å². The number of nitrogens with zero attached hydrogens (tertiary/aromatic N) is 4. The Hall–Kier alpha value is -1.28. The van der Waals surface area contributed by atoms with Gasteiger partial charge in [0.05, 0.1) is 18.8 Å². The van der Waals surface area contributed by atoms with Gasteiger partial charge in [0.15, 0.2) is 0 Å². The number of ether oxygens (including phenoxy) is 1. The van der Waals surface area contributed by atoms with Crippen molar-refractivity contribution in [2.24, 2.45) is 11.1 Å². The quantitative estimate of drug-likeness (QED) is 0.769. The van der Waals surface area contributed by atoms with E-state index in [9.17, 15) is 5.11 Å². The Kier molecular flexibility index (Phi) is 5.34. The van der Waals surface area contributed by atoms with E-state index < -0.39 is 0 Å². The predicted octanol–water partition coefficient (Wildman–Crippen LogP) is 0.233. The second kappa shape index (κ2) is 7.31. The zero-order chi connectivity index (χ0) is 17.2. The second-order valence-electron chi connectivity index (χ2n) is 7.19. The van der Waals surface area contributed by atoms with Crippen LogP contribution in [0.15, 0.2) is 12.4 Å². The number of rotatable bonds is 6. The minimum Gasteiger partial charge on any atom is -0.392 e. The van der Waals surface area contributed by atoms with Crippen LogP contribution in [0.2, 0.25) is 0 Å². The SMILES string of the molecule is CN(C)c1ncc(CN2CCC3(CC2)[C@@H](O)C[C@H]3OCCN)cn1. The van der Waals surface area contributed by atoms with Crippen LogP contribution >= 0.6 is 0 Å². The Morgan fingerprint density at radius 3 is 2.54 bits per heavy atom. The third-order valence-electron chi connectivity index (χ3n) is 5.46. The van der Waals surface area contributed by atoms with Crippen molar-refractivity contribution in [3.8, 4) is 0 Å². The van der Waals surface area contributed by atoms with E-state index in [0.717, 1.165) is 50.4 Å². The molecule has 0 unspecified atom stereocenters. The molecule has 2 fully saturated rings. The molecule has 1 aromatic rings. The molecule has 1 saturated heterocycles. The van der Waals surface area contributed by atoms with Crippen LogP contribution in [0.4, 0.5) is 5.95 Å². The van der Waals surface area contributed by atoms with Gasteiger partial charge >= 0.3 is 0 Å². The summed E-state index contributed by atoms with van der Waals surface area (Å²) in [5, 5.41) is 10.3. The third-order valence-corrected chi connectivity index (χ3v) is 5.46. The smallest absolute Gasteiger partial charge is 0.224 e. The van der Waals surface area contributed by atoms with Crippen LogP contribution in [-0.4, -0.2) is 72.5 Å². The lowest BCUT2D eigenvalue weighted by molar-refractivity contribution is -0.210. The number of aliphatic hydroxyl groups is 1. The van der Waals surface area contributed by atoms with Gasteiger partial charge in [0, 0.05) is 57.0 Å². The van der Waals surface area contributed by atoms with E-state index in [4.69, 9.17) is 10.5 Å². The lowest BCUT2D eigenvalue weighted by atomic mass is 9.58. The summed E-state index contributed by atoms with van der Waals surface area (Å²) >= 11 is 0. The molecule has 1 aliphatic carbocycles. The molecule has 24 heavy (non-hydrogen) atoms. The first-order valence-corrected chi connectivity index (χ1v) is 8.75. The summed E-state index contributed by atoms with van der Waals surface area (Å²) in [6.07, 6.45) is 6.43. The average molecular weight is 335 g/mol. The minimum atomic E-state index is -0.231. The highest BCUT2D eigenvalue weighted by Gasteiger charge is 2.55. The molecule has 1 aliphatic heterocycles. The van der Waals surface area contributed by atoms with E-state index in [2.05, 4.69) is 14.9 Å². The molecular weight excluding hydrogens is 306 g/mol. The molecule has 2 atom stereocenters. The van der Waals surface area contributed by atoms with Crippen molar-refractivity contribution < 1.29 is 9.84 Å². The first-order chi connectivity index (χ1) is 11.5. The number of aliphatic hydroxyl groups excluding tert-OH is 1. The molecule has 134 valence electrons. The number of likely N-dealkylation sites (tertiary alicyclic amines) is 1. The first kappa shape index (κ1) is 17.5. The van der Waals surface area contributed by atoms with Crippen LogP contribution in [-0.2, 0) is 11.3 Å². The molecule has 0 bridgehead atoms. The number of aromatic nitrogens is 2. The van der Waals surface area contributed by atoms with Crippen molar-refractivity contribution in [1.29, 1.82) is 0 Å². The third kappa shape index (κ3) is 3.39. The van der Waals surface area contributed by atoms with Crippen LogP contribution in [0.5, 0.6) is 0 Å². The van der Waals surface area contributed by atoms with Crippen molar-refractivity contribution in [2.75, 3.05) is 45.2 Å². The van der Waals surface area contributed by atoms with Gasteiger partial charge in [-0.1, -0.05) is 0 Å². The number of anilines is 1. The fourth-order valence-electron chi connectivity index (χ4n) is 3.87. The van der Waals surface area contributed by atoms with Crippen molar-refractivity contribution in [3.05, 3.63) is 18.0 Å². The van der Waals surface area contributed by atoms with Gasteiger partial charge < -0.3 is 20.5 Å². The highest BCUT2D eigenvalue weighted by Crippen LogP contribution is 2.51. The molecule has 0 amide bonds. The molecule has 3 rings (SSSR count). The lowest BCUT2D eigenvalue weighted by Gasteiger charge is -2.56. The van der Waals surface area contributed by atoms with E-state index in [1.165, 1.54) is 0 Å². The van der Waals surface area contributed by atoms with Crippen LogP contribution in [0.1, 0.15) is 24.8 Å². The second-order valence-corrected chi connectivity index (χ2v) is 7.19. The summed E-state index contributed by atoms with van der Waals surface area (Å²) in [5.41, 5.74) is 6.60. The van der Waals surface area contributed by atoms with Crippen molar-refractivity contribution >= 4 is 5.95 Å². The van der Waals surface area contributed by atoms with Gasteiger partial charge in [0.25, 0.3) is 0 Å². The molecule has 0 aromatic carbocycles. The largest absolute Gasteiger partial charge is 0.392 e. The van der Waals surface area contributed by atoms with E-state index in [-0.39, 0.29) is 17.6 Å². The standard InChI is InChI=1S/C17H29N5O2/c1-21(2)16-19-10-13(11-20-16)12-22-6-3-17(4-7-22)14(23)9-15(17)24-8-5-18/h10-11,14-15,23H,3-9,12,18H2,1-2H3/t14-,15+/m0/s1. The summed E-state index contributed by atoms with van der Waals surface area (Å²) in [6, 6.07) is 0. The van der Waals surface area contributed by atoms with E-state index in [1.807, 2.05) is 31.4 Å². The molecule has 1 aromatic heterocycles. The van der Waals surface area contributed by atoms with Crippen LogP contribution in [0.25, 0.3) is 0 Å². The van der Waals surface area contributed by atoms with Crippen LogP contribution in [0.3, 0.4) is 0 Å². The molecule has 7 nitrogen and oxygen atoms in total. The molecule has 1 spiro atoms. The minimum absolute atomic E-state index is 0.0586. The molecular formula is C17H29N5O2. The highest BCUT2D eigenvalue weighted by atomic mass is 16.5. The predicted molar refractivity (Wildman–Crippen MR) is 92.7 cm³/mol. The summed E-state index contributed by atoms with van der Waals surface area (Å²) in [4.78, 5) is 13.1. The lowest BCUT2D eigenvalue weighted by Crippen LogP contribution is -2.62. The number of piperidine rings is 1. The van der Waals surface area contributed by atoms with Crippen LogP contribution < -0.4 is 10.6 Å². The van der Waals surface area contributed by atoms with Crippen molar-refractivity contribution in [2.45, 2.75) is 38.0 Å². The van der Waals surface area contributed by atoms with E-state index >= 15 is 0 Å². The van der Waals surface area contributed by atoms with Gasteiger partial charge in [-0.2, -0.15) is 0 Å². The van der Waals surface area contributed by atoms with Gasteiger partial charge in [-0.15, -0.1) is 0 Å². The maximum atomic E-state index is 10.3. The molecule has 2 heterocycles. The van der Waals surface area contributed by atoms with Gasteiger partial charge in [-0.25, -0.2) is 9.97 Å². The summed E-state index contributed by atoms with van der Waals surface area (Å²) in [7, 11) is 3.87. The van der Waals surface area contributed by atoms with Gasteiger partial charge in [0.1, 0.15) is 0 Å². The zero-order valence-corrected chi connectivity index (χ0v) is 14.7. The molecule has 0 radical (unpaired) electrons. The molecule has 7 heteroatoms. The Bertz CT molecular complexity index is 528. The Morgan fingerprint density at radius 1 is 1.33 bits per heavy atom. The number of nitrogens with two attached hydrogens (primary N) is 1. The highest BCUT2D eigenvalue weighted by molar-refractivity contribution is 5.26. The monoisotopic (exact) mass is 335 g/mol. The topological polar surface area (TPSA) is 87.7 Å². The van der Waals surface area contributed by atoms with E-state index in [0.29, 0.717) is 13.2 Å². The number of hydrogen-bond acceptors (Lipinski definition) is 7. The Labute approximate surface area is 143 Å². The van der Waals surface area contributed by atoms with Crippen LogP contribution in [0, 0.1) is 5.41 Å². The molecule has 1 saturated carbocycles. The number of hydrogen-bond donors (Lipinski definition) is 2. The maximum Gasteiger partial charge on any atom is 0.224 e. The Balaban J connectivity index is 1.53. The first-order valence-electron chi connectivity index (χ1n) is 8.75. The van der Waals surface area contributed by atoms with Crippen molar-refractivity contribution in [1.82, 2.24) is 14.9 Å². The molecule has 3 N–H and O–H groups in total. The van der Waals surface area contributed by atoms with E-state index in [1.54, 1.807) is 0 Å². The summed E-state index contributed by atoms with van der Waals surface area (Å²) in [6.45, 7) is 3.91. The summed E-state index contributed by atoms with van der Waals surface area (Å²) < 4.78 is 5.85. The Morgan fingerprint density at radius 2 is 2.00 bits per heavy atom. The maximum absolute atomic E-state index is 10.3. The van der Waals surface area contributed by atoms with Gasteiger partial charge in [-0.3, -0.25) is 4.90 Å². The van der Waals surface area contributed by atoms with Gasteiger partial charge in [0.2, 0.25) is 5.95 Å². The zero-order valence-electron chi connectivity index (χ0n) is 14.7. The fraction of sp³-hybridized carbons (Fsp3) is 0.765. The van der Waals surface area contributed by atoms with Gasteiger partial charge in [-0.05, 0) is 25.9 Å². The average Bonchev–Trinajstić information content (AvgIpc) is 2.59. The fourth-order valence-corrected chi connectivity index (χ4v) is 3.87.